The monoisotopic (exact) mass is 373 g/mol. The third-order valence-electron chi connectivity index (χ3n) is 3.19. The van der Waals surface area contributed by atoms with Crippen molar-refractivity contribution in [1.29, 1.82) is 0 Å². The number of carbonyl (C=O) groups is 2. The lowest BCUT2D eigenvalue weighted by Gasteiger charge is -2.15. The van der Waals surface area contributed by atoms with Crippen LogP contribution in [-0.4, -0.2) is 23.3 Å². The summed E-state index contributed by atoms with van der Waals surface area (Å²) in [6.07, 6.45) is 1.41. The van der Waals surface area contributed by atoms with E-state index in [-0.39, 0.29) is 11.8 Å². The number of nitrogens with zero attached hydrogens (tertiary/aromatic N) is 1. The van der Waals surface area contributed by atoms with Gasteiger partial charge in [0.2, 0.25) is 5.91 Å². The molecule has 1 unspecified atom stereocenters. The van der Waals surface area contributed by atoms with Gasteiger partial charge in [-0.15, -0.1) is 0 Å². The number of hydrogen-bond acceptors (Lipinski definition) is 2. The summed E-state index contributed by atoms with van der Waals surface area (Å²) < 4.78 is 1.54. The summed E-state index contributed by atoms with van der Waals surface area (Å²) >= 11 is 6.69. The second-order valence-electron chi connectivity index (χ2n) is 4.41. The zero-order valence-electron chi connectivity index (χ0n) is 9.95. The van der Waals surface area contributed by atoms with Crippen molar-refractivity contribution in [2.24, 2.45) is 5.92 Å². The molecule has 2 amide bonds. The molecule has 1 aromatic carbocycles. The van der Waals surface area contributed by atoms with Gasteiger partial charge in [-0.3, -0.25) is 14.5 Å². The summed E-state index contributed by atoms with van der Waals surface area (Å²) in [5, 5.41) is 0. The number of amides is 2. The average molecular weight is 375 g/mol. The number of carbonyl (C=O) groups excluding carboxylic acids is 2. The Morgan fingerprint density at radius 1 is 1.44 bits per heavy atom. The molecule has 2 rings (SSSR count). The van der Waals surface area contributed by atoms with Crippen molar-refractivity contribution < 1.29 is 9.59 Å². The maximum absolute atomic E-state index is 12.3. The normalized spacial score (nSPS) is 19.4. The molecule has 1 aliphatic heterocycles. The van der Waals surface area contributed by atoms with E-state index in [9.17, 15) is 9.59 Å². The molecule has 0 radical (unpaired) electrons. The van der Waals surface area contributed by atoms with Gasteiger partial charge in [0.15, 0.2) is 0 Å². The third kappa shape index (κ3) is 2.67. The topological polar surface area (TPSA) is 37.4 Å². The summed E-state index contributed by atoms with van der Waals surface area (Å²) in [7, 11) is 0. The molecule has 1 atom stereocenters. The van der Waals surface area contributed by atoms with Gasteiger partial charge < -0.3 is 0 Å². The van der Waals surface area contributed by atoms with E-state index in [1.54, 1.807) is 12.1 Å². The van der Waals surface area contributed by atoms with Gasteiger partial charge in [-0.1, -0.05) is 29.3 Å². The maximum Gasteiger partial charge on any atom is 0.261 e. The van der Waals surface area contributed by atoms with Crippen LogP contribution in [0.3, 0.4) is 0 Å². The van der Waals surface area contributed by atoms with Crippen molar-refractivity contribution in [3.05, 3.63) is 32.7 Å². The van der Waals surface area contributed by atoms with Gasteiger partial charge in [0.05, 0.1) is 5.56 Å². The molecule has 5 heteroatoms. The first-order valence-electron chi connectivity index (χ1n) is 5.82. The Hall–Kier alpha value is -0.680. The van der Waals surface area contributed by atoms with E-state index in [2.05, 4.69) is 31.9 Å². The van der Waals surface area contributed by atoms with E-state index in [4.69, 9.17) is 0 Å². The summed E-state index contributed by atoms with van der Waals surface area (Å²) in [5.74, 6) is 0.00947. The molecule has 1 aromatic rings. The van der Waals surface area contributed by atoms with Crippen molar-refractivity contribution in [2.75, 3.05) is 6.54 Å². The predicted molar refractivity (Wildman–Crippen MR) is 76.3 cm³/mol. The van der Waals surface area contributed by atoms with Gasteiger partial charge in [-0.25, -0.2) is 0 Å². The quantitative estimate of drug-likeness (QED) is 0.741. The Bertz CT molecular complexity index is 502. The van der Waals surface area contributed by atoms with Crippen LogP contribution in [0.5, 0.6) is 0 Å². The summed E-state index contributed by atoms with van der Waals surface area (Å²) in [6, 6.07) is 5.38. The van der Waals surface area contributed by atoms with E-state index in [0.717, 1.165) is 10.9 Å². The summed E-state index contributed by atoms with van der Waals surface area (Å²) in [5.41, 5.74) is 0.523. The minimum Gasteiger partial charge on any atom is -0.278 e. The molecule has 96 valence electrons. The number of benzene rings is 1. The zero-order chi connectivity index (χ0) is 13.3. The van der Waals surface area contributed by atoms with Crippen molar-refractivity contribution in [3.8, 4) is 0 Å². The van der Waals surface area contributed by atoms with E-state index in [0.29, 0.717) is 28.9 Å². The van der Waals surface area contributed by atoms with Gasteiger partial charge in [0, 0.05) is 21.9 Å². The van der Waals surface area contributed by atoms with Crippen LogP contribution in [0.4, 0.5) is 0 Å². The van der Waals surface area contributed by atoms with Crippen LogP contribution in [0.2, 0.25) is 0 Å². The van der Waals surface area contributed by atoms with Gasteiger partial charge in [0.25, 0.3) is 5.91 Å². The van der Waals surface area contributed by atoms with E-state index in [1.165, 1.54) is 4.90 Å². The molecular formula is C13H13Br2NO2. The standard InChI is InChI=1S/C13H13Br2NO2/c1-2-8-5-12(17)16(7-8)13(18)10-6-9(14)3-4-11(10)15/h3-4,6,8H,2,5,7H2,1H3. The van der Waals surface area contributed by atoms with Gasteiger partial charge in [-0.05, 0) is 40.0 Å². The Labute approximate surface area is 123 Å². The second kappa shape index (κ2) is 5.53. The summed E-state index contributed by atoms with van der Waals surface area (Å²) in [6.45, 7) is 2.58. The predicted octanol–water partition coefficient (Wildman–Crippen LogP) is 3.61. The molecule has 0 aliphatic carbocycles. The molecule has 1 saturated heterocycles. The minimum absolute atomic E-state index is 0.0706. The minimum atomic E-state index is -0.218. The highest BCUT2D eigenvalue weighted by molar-refractivity contribution is 9.11. The van der Waals surface area contributed by atoms with Crippen LogP contribution in [0, 0.1) is 5.92 Å². The number of imide groups is 1. The molecule has 0 N–H and O–H groups in total. The Morgan fingerprint density at radius 2 is 2.17 bits per heavy atom. The molecule has 0 saturated carbocycles. The second-order valence-corrected chi connectivity index (χ2v) is 6.18. The number of likely N-dealkylation sites (tertiary alicyclic amines) is 1. The first kappa shape index (κ1) is 13.7. The van der Waals surface area contributed by atoms with Crippen LogP contribution in [-0.2, 0) is 4.79 Å². The van der Waals surface area contributed by atoms with Crippen molar-refractivity contribution in [1.82, 2.24) is 4.90 Å². The molecule has 1 fully saturated rings. The van der Waals surface area contributed by atoms with E-state index in [1.807, 2.05) is 13.0 Å². The lowest BCUT2D eigenvalue weighted by molar-refractivity contribution is -0.125. The smallest absolute Gasteiger partial charge is 0.261 e. The van der Waals surface area contributed by atoms with Crippen LogP contribution < -0.4 is 0 Å². The molecule has 1 heterocycles. The molecule has 18 heavy (non-hydrogen) atoms. The van der Waals surface area contributed by atoms with Crippen LogP contribution in [0.25, 0.3) is 0 Å². The molecule has 0 bridgehead atoms. The molecule has 1 aliphatic rings. The largest absolute Gasteiger partial charge is 0.278 e. The number of rotatable bonds is 2. The highest BCUT2D eigenvalue weighted by Crippen LogP contribution is 2.27. The highest BCUT2D eigenvalue weighted by atomic mass is 79.9. The first-order chi connectivity index (χ1) is 8.52. The van der Waals surface area contributed by atoms with E-state index >= 15 is 0 Å². The van der Waals surface area contributed by atoms with Crippen molar-refractivity contribution >= 4 is 43.7 Å². The fourth-order valence-corrected chi connectivity index (χ4v) is 2.84. The molecule has 3 nitrogen and oxygen atoms in total. The van der Waals surface area contributed by atoms with Crippen molar-refractivity contribution in [3.63, 3.8) is 0 Å². The van der Waals surface area contributed by atoms with E-state index < -0.39 is 0 Å². The molecule has 0 spiro atoms. The average Bonchev–Trinajstić information content (AvgIpc) is 2.73. The zero-order valence-corrected chi connectivity index (χ0v) is 13.1. The van der Waals surface area contributed by atoms with Crippen molar-refractivity contribution in [2.45, 2.75) is 19.8 Å². The SMILES string of the molecule is CCC1CC(=O)N(C(=O)c2cc(Br)ccc2Br)C1. The Balaban J connectivity index is 2.26. The molecular weight excluding hydrogens is 362 g/mol. The van der Waals surface area contributed by atoms with Crippen LogP contribution in [0.15, 0.2) is 27.1 Å². The van der Waals surface area contributed by atoms with Crippen LogP contribution >= 0.6 is 31.9 Å². The molecule has 0 aromatic heterocycles. The Kier molecular flexibility index (Phi) is 4.22. The van der Waals surface area contributed by atoms with Gasteiger partial charge in [0.1, 0.15) is 0 Å². The summed E-state index contributed by atoms with van der Waals surface area (Å²) in [4.78, 5) is 25.5. The Morgan fingerprint density at radius 3 is 2.78 bits per heavy atom. The number of halogens is 2. The first-order valence-corrected chi connectivity index (χ1v) is 7.41. The van der Waals surface area contributed by atoms with Gasteiger partial charge >= 0.3 is 0 Å². The fraction of sp³-hybridized carbons (Fsp3) is 0.385. The highest BCUT2D eigenvalue weighted by Gasteiger charge is 2.33. The third-order valence-corrected chi connectivity index (χ3v) is 4.37. The maximum atomic E-state index is 12.3. The van der Waals surface area contributed by atoms with Crippen LogP contribution in [0.1, 0.15) is 30.1 Å². The number of hydrogen-bond donors (Lipinski definition) is 0. The lowest BCUT2D eigenvalue weighted by Crippen LogP contribution is -2.32. The fourth-order valence-electron chi connectivity index (χ4n) is 2.06. The van der Waals surface area contributed by atoms with Gasteiger partial charge in [-0.2, -0.15) is 0 Å². The lowest BCUT2D eigenvalue weighted by atomic mass is 10.1.